The molecule has 1 atom stereocenters. The van der Waals surface area contributed by atoms with E-state index in [1.807, 2.05) is 45.9 Å². The Morgan fingerprint density at radius 3 is 2.47 bits per heavy atom. The van der Waals surface area contributed by atoms with Crippen molar-refractivity contribution in [2.45, 2.75) is 52.4 Å². The summed E-state index contributed by atoms with van der Waals surface area (Å²) in [5, 5.41) is 6.89. The molecule has 0 radical (unpaired) electrons. The third-order valence-corrected chi connectivity index (χ3v) is 8.96. The van der Waals surface area contributed by atoms with Gasteiger partial charge in [-0.05, 0) is 87.9 Å². The van der Waals surface area contributed by atoms with E-state index in [4.69, 9.17) is 9.26 Å². The van der Waals surface area contributed by atoms with Gasteiger partial charge in [-0.25, -0.2) is 8.42 Å². The van der Waals surface area contributed by atoms with Crippen molar-refractivity contribution >= 4 is 33.8 Å². The molecule has 2 heterocycles. The average molecular weight is 538 g/mol. The summed E-state index contributed by atoms with van der Waals surface area (Å²) in [5.74, 6) is -0.000185. The van der Waals surface area contributed by atoms with Crippen LogP contribution in [0.1, 0.15) is 52.1 Å². The Morgan fingerprint density at radius 2 is 1.79 bits per heavy atom. The zero-order chi connectivity index (χ0) is 27.6. The molecular formula is C29H35N3O5S. The van der Waals surface area contributed by atoms with Crippen LogP contribution < -0.4 is 10.1 Å². The molecule has 3 aromatic rings. The van der Waals surface area contributed by atoms with E-state index in [0.717, 1.165) is 22.3 Å². The lowest BCUT2D eigenvalue weighted by atomic mass is 9.98. The van der Waals surface area contributed by atoms with Gasteiger partial charge in [0, 0.05) is 13.1 Å². The summed E-state index contributed by atoms with van der Waals surface area (Å²) in [6.45, 7) is 10.0. The number of ether oxygens (including phenoxy) is 1. The quantitative estimate of drug-likeness (QED) is 0.431. The van der Waals surface area contributed by atoms with Crippen molar-refractivity contribution < 1.29 is 22.5 Å². The standard InChI is InChI=1S/C29H35N3O5S/c1-18-9-11-26(36-6)25(16-18)30-29(33)23-8-7-13-32(17-23)38(34,35)28-22(5)31-37-27(28)12-10-24-20(3)14-19(2)15-21(24)4/h9-12,14-16,23H,7-8,13,17H2,1-6H3,(H,30,33). The van der Waals surface area contributed by atoms with Crippen LogP contribution in [-0.2, 0) is 14.8 Å². The zero-order valence-electron chi connectivity index (χ0n) is 22.8. The van der Waals surface area contributed by atoms with E-state index in [9.17, 15) is 13.2 Å². The van der Waals surface area contributed by atoms with Crippen LogP contribution >= 0.6 is 0 Å². The number of methoxy groups -OCH3 is 1. The summed E-state index contributed by atoms with van der Waals surface area (Å²) in [7, 11) is -2.40. The van der Waals surface area contributed by atoms with Crippen molar-refractivity contribution in [2.75, 3.05) is 25.5 Å². The number of piperidine rings is 1. The number of sulfonamides is 1. The highest BCUT2D eigenvalue weighted by atomic mass is 32.2. The van der Waals surface area contributed by atoms with Gasteiger partial charge in [0.1, 0.15) is 11.4 Å². The maximum Gasteiger partial charge on any atom is 0.248 e. The number of aryl methyl sites for hydroxylation is 5. The third-order valence-electron chi connectivity index (χ3n) is 6.94. The maximum atomic E-state index is 13.8. The number of aromatic nitrogens is 1. The van der Waals surface area contributed by atoms with Crippen LogP contribution in [0.5, 0.6) is 5.75 Å². The Kier molecular flexibility index (Phi) is 8.08. The summed E-state index contributed by atoms with van der Waals surface area (Å²) in [4.78, 5) is 13.2. The van der Waals surface area contributed by atoms with E-state index < -0.39 is 15.9 Å². The van der Waals surface area contributed by atoms with Crippen molar-refractivity contribution in [3.63, 3.8) is 0 Å². The van der Waals surface area contributed by atoms with Crippen LogP contribution in [0.2, 0.25) is 0 Å². The largest absolute Gasteiger partial charge is 0.495 e. The maximum absolute atomic E-state index is 13.8. The molecule has 0 spiro atoms. The lowest BCUT2D eigenvalue weighted by Crippen LogP contribution is -2.44. The summed E-state index contributed by atoms with van der Waals surface area (Å²) in [5.41, 5.74) is 6.20. The molecule has 1 aromatic heterocycles. The molecule has 8 nitrogen and oxygen atoms in total. The second-order valence-corrected chi connectivity index (χ2v) is 11.9. The highest BCUT2D eigenvalue weighted by Crippen LogP contribution is 2.31. The first-order chi connectivity index (χ1) is 18.0. The zero-order valence-corrected chi connectivity index (χ0v) is 23.6. The molecule has 0 bridgehead atoms. The van der Waals surface area contributed by atoms with E-state index in [0.29, 0.717) is 30.8 Å². The lowest BCUT2D eigenvalue weighted by Gasteiger charge is -2.31. The van der Waals surface area contributed by atoms with Gasteiger partial charge in [0.05, 0.1) is 18.7 Å². The molecule has 1 amide bonds. The van der Waals surface area contributed by atoms with Gasteiger partial charge in [-0.1, -0.05) is 35.0 Å². The van der Waals surface area contributed by atoms with Crippen LogP contribution in [0.25, 0.3) is 12.2 Å². The minimum Gasteiger partial charge on any atom is -0.495 e. The number of anilines is 1. The fraction of sp³-hybridized carbons (Fsp3) is 0.379. The minimum atomic E-state index is -3.95. The Labute approximate surface area is 224 Å². The summed E-state index contributed by atoms with van der Waals surface area (Å²) >= 11 is 0. The van der Waals surface area contributed by atoms with Crippen LogP contribution in [0.15, 0.2) is 39.8 Å². The molecule has 1 unspecified atom stereocenters. The van der Waals surface area contributed by atoms with Crippen LogP contribution in [-0.4, -0.2) is 44.0 Å². The summed E-state index contributed by atoms with van der Waals surface area (Å²) in [6.07, 6.45) is 4.69. The molecule has 2 aromatic carbocycles. The fourth-order valence-electron chi connectivity index (χ4n) is 5.07. The van der Waals surface area contributed by atoms with E-state index in [-0.39, 0.29) is 28.8 Å². The normalized spacial score (nSPS) is 16.6. The molecule has 4 rings (SSSR count). The van der Waals surface area contributed by atoms with E-state index in [1.165, 1.54) is 9.87 Å². The van der Waals surface area contributed by atoms with Gasteiger partial charge in [0.2, 0.25) is 15.9 Å². The van der Waals surface area contributed by atoms with Gasteiger partial charge < -0.3 is 14.6 Å². The first kappa shape index (κ1) is 27.6. The molecule has 38 heavy (non-hydrogen) atoms. The smallest absolute Gasteiger partial charge is 0.248 e. The SMILES string of the molecule is COc1ccc(C)cc1NC(=O)C1CCCN(S(=O)(=O)c2c(C)noc2C=Cc2c(C)cc(C)cc2C)C1. The molecule has 0 aliphatic carbocycles. The van der Waals surface area contributed by atoms with E-state index in [2.05, 4.69) is 22.6 Å². The van der Waals surface area contributed by atoms with Gasteiger partial charge in [-0.3, -0.25) is 4.79 Å². The minimum absolute atomic E-state index is 0.0394. The first-order valence-corrected chi connectivity index (χ1v) is 14.1. The monoisotopic (exact) mass is 537 g/mol. The van der Waals surface area contributed by atoms with Gasteiger partial charge >= 0.3 is 0 Å². The van der Waals surface area contributed by atoms with E-state index in [1.54, 1.807) is 26.2 Å². The molecule has 1 fully saturated rings. The molecule has 1 aliphatic rings. The number of nitrogens with zero attached hydrogens (tertiary/aromatic N) is 2. The highest BCUT2D eigenvalue weighted by Gasteiger charge is 2.37. The van der Waals surface area contributed by atoms with Gasteiger partial charge in [-0.15, -0.1) is 0 Å². The number of carbonyl (C=O) groups excluding carboxylic acids is 1. The van der Waals surface area contributed by atoms with Gasteiger partial charge in [0.15, 0.2) is 10.7 Å². The molecule has 0 saturated carbocycles. The Morgan fingerprint density at radius 1 is 1.08 bits per heavy atom. The average Bonchev–Trinajstić information content (AvgIpc) is 3.24. The molecule has 202 valence electrons. The predicted molar refractivity (Wildman–Crippen MR) is 149 cm³/mol. The second kappa shape index (κ2) is 11.1. The number of benzene rings is 2. The third kappa shape index (κ3) is 5.68. The number of nitrogens with one attached hydrogen (secondary N) is 1. The van der Waals surface area contributed by atoms with Crippen LogP contribution in [0.3, 0.4) is 0 Å². The first-order valence-electron chi connectivity index (χ1n) is 12.7. The number of hydrogen-bond donors (Lipinski definition) is 1. The second-order valence-electron chi connectivity index (χ2n) is 10.0. The summed E-state index contributed by atoms with van der Waals surface area (Å²) < 4.78 is 39.8. The molecule has 1 aliphatic heterocycles. The van der Waals surface area contributed by atoms with Crippen molar-refractivity contribution in [3.05, 3.63) is 69.6 Å². The van der Waals surface area contributed by atoms with Gasteiger partial charge in [0.25, 0.3) is 0 Å². The Bertz CT molecular complexity index is 1470. The summed E-state index contributed by atoms with van der Waals surface area (Å²) in [6, 6.07) is 9.71. The predicted octanol–water partition coefficient (Wildman–Crippen LogP) is 5.44. The van der Waals surface area contributed by atoms with Gasteiger partial charge in [-0.2, -0.15) is 4.31 Å². The lowest BCUT2D eigenvalue weighted by molar-refractivity contribution is -0.120. The van der Waals surface area contributed by atoms with Crippen molar-refractivity contribution in [2.24, 2.45) is 5.92 Å². The molecule has 1 N–H and O–H groups in total. The van der Waals surface area contributed by atoms with Crippen molar-refractivity contribution in [1.29, 1.82) is 0 Å². The van der Waals surface area contributed by atoms with Crippen LogP contribution in [0, 0.1) is 40.5 Å². The number of amides is 1. The molecule has 9 heteroatoms. The molecular weight excluding hydrogens is 502 g/mol. The Balaban J connectivity index is 1.57. The van der Waals surface area contributed by atoms with E-state index >= 15 is 0 Å². The van der Waals surface area contributed by atoms with Crippen molar-refractivity contribution in [3.8, 4) is 5.75 Å². The number of hydrogen-bond acceptors (Lipinski definition) is 6. The number of carbonyl (C=O) groups is 1. The van der Waals surface area contributed by atoms with Crippen LogP contribution in [0.4, 0.5) is 5.69 Å². The molecule has 1 saturated heterocycles. The van der Waals surface area contributed by atoms with Crippen molar-refractivity contribution in [1.82, 2.24) is 9.46 Å². The number of rotatable bonds is 7. The topological polar surface area (TPSA) is 102 Å². The Hall–Kier alpha value is -3.43. The fourth-order valence-corrected chi connectivity index (χ4v) is 6.84. The highest BCUT2D eigenvalue weighted by molar-refractivity contribution is 7.89.